The highest BCUT2D eigenvalue weighted by atomic mass is 35.5. The molecule has 3 aromatic rings. The van der Waals surface area contributed by atoms with Gasteiger partial charge in [0.2, 0.25) is 5.91 Å². The highest BCUT2D eigenvalue weighted by Crippen LogP contribution is 2.40. The number of carbonyl (C=O) groups excluding carboxylic acids is 1. The molecule has 0 atom stereocenters. The fraction of sp³-hybridized carbons (Fsp3) is 0.333. The van der Waals surface area contributed by atoms with Crippen LogP contribution in [-0.4, -0.2) is 85.9 Å². The van der Waals surface area contributed by atoms with Gasteiger partial charge >= 0.3 is 5.97 Å². The minimum absolute atomic E-state index is 0.0722. The van der Waals surface area contributed by atoms with Crippen LogP contribution in [0.3, 0.4) is 0 Å². The van der Waals surface area contributed by atoms with E-state index in [-0.39, 0.29) is 5.91 Å². The number of para-hydroxylation sites is 1. The summed E-state index contributed by atoms with van der Waals surface area (Å²) in [6, 6.07) is 19.9. The van der Waals surface area contributed by atoms with E-state index in [9.17, 15) is 9.59 Å². The zero-order valence-electron chi connectivity index (χ0n) is 26.1. The predicted molar refractivity (Wildman–Crippen MR) is 191 cm³/mol. The normalized spacial score (nSPS) is 16.8. The number of piperazine rings is 1. The summed E-state index contributed by atoms with van der Waals surface area (Å²) in [5, 5.41) is 12.6. The molecule has 0 unspecified atom stereocenters. The molecule has 1 saturated heterocycles. The first-order valence-corrected chi connectivity index (χ1v) is 18.2. The zero-order chi connectivity index (χ0) is 32.6. The number of anilines is 1. The molecule has 0 saturated carbocycles. The Kier molecular flexibility index (Phi) is 11.4. The van der Waals surface area contributed by atoms with Gasteiger partial charge in [-0.3, -0.25) is 9.69 Å². The monoisotopic (exact) mass is 691 g/mol. The van der Waals surface area contributed by atoms with E-state index in [1.54, 1.807) is 23.9 Å². The van der Waals surface area contributed by atoms with Gasteiger partial charge in [-0.1, -0.05) is 35.9 Å². The van der Waals surface area contributed by atoms with Gasteiger partial charge in [0.25, 0.3) is 0 Å². The Morgan fingerprint density at radius 3 is 2.40 bits per heavy atom. The van der Waals surface area contributed by atoms with Crippen LogP contribution in [0.25, 0.3) is 12.2 Å². The number of fused-ring (bicyclic) bond motifs is 3. The number of halogens is 1. The molecule has 47 heavy (non-hydrogen) atoms. The molecule has 0 aliphatic carbocycles. The summed E-state index contributed by atoms with van der Waals surface area (Å²) in [7, 11) is 0. The summed E-state index contributed by atoms with van der Waals surface area (Å²) in [6.07, 6.45) is 5.80. The summed E-state index contributed by atoms with van der Waals surface area (Å²) in [4.78, 5) is 30.5. The molecule has 246 valence electrons. The number of rotatable bonds is 8. The van der Waals surface area contributed by atoms with Gasteiger partial charge < -0.3 is 24.8 Å². The number of ether oxygens (including phenoxy) is 2. The minimum atomic E-state index is -0.858. The first-order chi connectivity index (χ1) is 22.9. The number of aliphatic carboxylic acids is 1. The van der Waals surface area contributed by atoms with Crippen molar-refractivity contribution in [1.82, 2.24) is 10.2 Å². The van der Waals surface area contributed by atoms with Crippen molar-refractivity contribution < 1.29 is 24.2 Å². The van der Waals surface area contributed by atoms with Crippen molar-refractivity contribution in [2.45, 2.75) is 22.6 Å². The van der Waals surface area contributed by atoms with Crippen LogP contribution in [0.15, 0.2) is 81.6 Å². The van der Waals surface area contributed by atoms with Gasteiger partial charge in [-0.05, 0) is 79.1 Å². The van der Waals surface area contributed by atoms with Gasteiger partial charge in [0, 0.05) is 70.2 Å². The van der Waals surface area contributed by atoms with E-state index in [0.717, 1.165) is 96.6 Å². The smallest absolute Gasteiger partial charge is 0.332 e. The molecule has 7 rings (SSSR count). The van der Waals surface area contributed by atoms with Crippen molar-refractivity contribution in [3.63, 3.8) is 0 Å². The van der Waals surface area contributed by atoms with Gasteiger partial charge in [-0.15, -0.1) is 23.5 Å². The number of carbonyl (C=O) groups is 2. The van der Waals surface area contributed by atoms with Crippen molar-refractivity contribution in [3.05, 3.63) is 88.0 Å². The van der Waals surface area contributed by atoms with Crippen molar-refractivity contribution >= 4 is 64.8 Å². The average Bonchev–Trinajstić information content (AvgIpc) is 3.11. The lowest BCUT2D eigenvalue weighted by Gasteiger charge is -2.37. The van der Waals surface area contributed by atoms with Crippen LogP contribution in [0, 0.1) is 0 Å². The summed E-state index contributed by atoms with van der Waals surface area (Å²) >= 11 is 9.08. The molecule has 4 aliphatic heterocycles. The molecule has 0 aromatic heterocycles. The van der Waals surface area contributed by atoms with Crippen LogP contribution in [0.5, 0.6) is 11.5 Å². The predicted octanol–water partition coefficient (Wildman–Crippen LogP) is 6.58. The average molecular weight is 692 g/mol. The van der Waals surface area contributed by atoms with Crippen LogP contribution < -0.4 is 19.7 Å². The molecule has 11 heteroatoms. The van der Waals surface area contributed by atoms with E-state index < -0.39 is 5.97 Å². The number of hydrogen-bond donors (Lipinski definition) is 2. The van der Waals surface area contributed by atoms with Gasteiger partial charge in [0.1, 0.15) is 13.2 Å². The lowest BCUT2D eigenvalue weighted by Crippen LogP contribution is -2.47. The Morgan fingerprint density at radius 2 is 1.57 bits per heavy atom. The van der Waals surface area contributed by atoms with E-state index in [1.165, 1.54) is 16.7 Å². The molecule has 0 spiro atoms. The van der Waals surface area contributed by atoms with Crippen LogP contribution in [0.1, 0.15) is 24.0 Å². The number of carboxylic acid groups (broad SMARTS) is 1. The highest BCUT2D eigenvalue weighted by Gasteiger charge is 2.23. The lowest BCUT2D eigenvalue weighted by atomic mass is 10.1. The van der Waals surface area contributed by atoms with Gasteiger partial charge in [-0.2, -0.15) is 0 Å². The second kappa shape index (κ2) is 16.0. The quantitative estimate of drug-likeness (QED) is 0.254. The molecule has 0 radical (unpaired) electrons. The zero-order valence-corrected chi connectivity index (χ0v) is 28.5. The molecule has 3 aromatic carbocycles. The SMILES string of the molecule is O=C(NCCCCN1CCN(c2cccc3c2OCCO3)CC1)C1=Cc2ccccc2SC1.O=C(O)C1=Cc2cc(Cl)ccc2SC1. The fourth-order valence-corrected chi connectivity index (χ4v) is 7.96. The van der Waals surface area contributed by atoms with Gasteiger partial charge in [0.15, 0.2) is 11.5 Å². The highest BCUT2D eigenvalue weighted by molar-refractivity contribution is 8.00. The number of unbranched alkanes of at least 4 members (excludes halogenated alkanes) is 1. The summed E-state index contributed by atoms with van der Waals surface area (Å²) in [5.41, 5.74) is 4.48. The van der Waals surface area contributed by atoms with Crippen LogP contribution in [0.2, 0.25) is 5.02 Å². The number of carboxylic acids is 1. The third kappa shape index (κ3) is 8.67. The molecule has 4 aliphatic rings. The van der Waals surface area contributed by atoms with Gasteiger partial charge in [-0.25, -0.2) is 4.79 Å². The lowest BCUT2D eigenvalue weighted by molar-refractivity contribution is -0.132. The number of nitrogens with one attached hydrogen (secondary N) is 1. The van der Waals surface area contributed by atoms with E-state index in [1.807, 2.05) is 42.5 Å². The Hall–Kier alpha value is -3.57. The number of hydrogen-bond acceptors (Lipinski definition) is 8. The largest absolute Gasteiger partial charge is 0.486 e. The Labute approximate surface area is 289 Å². The second-order valence-electron chi connectivity index (χ2n) is 11.5. The molecule has 8 nitrogen and oxygen atoms in total. The Balaban J connectivity index is 0.000000230. The van der Waals surface area contributed by atoms with E-state index >= 15 is 0 Å². The maximum Gasteiger partial charge on any atom is 0.332 e. The first kappa shape index (κ1) is 33.3. The molecule has 1 fully saturated rings. The molecular weight excluding hydrogens is 654 g/mol. The van der Waals surface area contributed by atoms with Crippen LogP contribution in [-0.2, 0) is 9.59 Å². The molecule has 1 amide bonds. The molecule has 2 N–H and O–H groups in total. The molecule has 0 bridgehead atoms. The summed E-state index contributed by atoms with van der Waals surface area (Å²) in [5.74, 6) is 2.22. The van der Waals surface area contributed by atoms with Crippen LogP contribution >= 0.6 is 35.1 Å². The van der Waals surface area contributed by atoms with Crippen molar-refractivity contribution in [3.8, 4) is 11.5 Å². The number of benzene rings is 3. The maximum atomic E-state index is 12.5. The van der Waals surface area contributed by atoms with E-state index in [4.69, 9.17) is 26.2 Å². The van der Waals surface area contributed by atoms with Gasteiger partial charge in [0.05, 0.1) is 5.69 Å². The van der Waals surface area contributed by atoms with E-state index in [2.05, 4.69) is 33.3 Å². The first-order valence-electron chi connectivity index (χ1n) is 15.9. The van der Waals surface area contributed by atoms with Crippen LogP contribution in [0.4, 0.5) is 5.69 Å². The van der Waals surface area contributed by atoms with E-state index in [0.29, 0.717) is 29.6 Å². The fourth-order valence-electron chi connectivity index (χ4n) is 5.81. The van der Waals surface area contributed by atoms with Crippen molar-refractivity contribution in [2.24, 2.45) is 0 Å². The molecule has 4 heterocycles. The third-order valence-electron chi connectivity index (χ3n) is 8.33. The second-order valence-corrected chi connectivity index (χ2v) is 14.0. The maximum absolute atomic E-state index is 12.5. The summed E-state index contributed by atoms with van der Waals surface area (Å²) < 4.78 is 11.6. The Bertz CT molecular complexity index is 1670. The summed E-state index contributed by atoms with van der Waals surface area (Å²) in [6.45, 7) is 7.10. The topological polar surface area (TPSA) is 91.3 Å². The number of thioether (sulfide) groups is 2. The standard InChI is InChI=1S/C26H31N3O3S.C10H7ClO2S/c30-26(21-18-20-6-1-2-9-24(20)33-19-21)27-10-3-4-11-28-12-14-29(15-13-28)22-7-5-8-23-25(22)32-17-16-31-23;11-8-1-2-9-6(4-8)3-7(5-14-9)10(12)13/h1-2,5-9,18H,3-4,10-17,19H2,(H,27,30);1-4H,5H2,(H,12,13). The number of nitrogens with zero attached hydrogens (tertiary/aromatic N) is 2. The van der Waals surface area contributed by atoms with Crippen molar-refractivity contribution in [1.29, 1.82) is 0 Å². The third-order valence-corrected chi connectivity index (χ3v) is 10.8. The Morgan fingerprint density at radius 1 is 0.830 bits per heavy atom. The number of amides is 1. The minimum Gasteiger partial charge on any atom is -0.486 e. The molecular formula is C36H38ClN3O5S2. The van der Waals surface area contributed by atoms with Crippen molar-refractivity contribution in [2.75, 3.05) is 68.9 Å².